The molecule has 2 atom stereocenters. The van der Waals surface area contributed by atoms with Crippen LogP contribution in [-0.4, -0.2) is 56.3 Å². The molecule has 0 radical (unpaired) electrons. The van der Waals surface area contributed by atoms with Crippen LogP contribution in [0.3, 0.4) is 0 Å². The fourth-order valence-electron chi connectivity index (χ4n) is 6.48. The van der Waals surface area contributed by atoms with E-state index in [0.717, 1.165) is 25.9 Å². The fraction of sp³-hybridized carbons (Fsp3) is 0.438. The standard InChI is InChI=1S/C32H41NO3Si/c1-31(2,3)37(28-11-7-5-8-12-28,29-13-9-6-10-14-29)36-30-23-35-24-32(30,4)33-21-19-26(20-22-33)25-15-17-27(34)18-16-25/h5-18,26,30,34H,19-24H2,1-4H3/t30-,32+/m1/s1. The molecule has 5 rings (SSSR count). The smallest absolute Gasteiger partial charge is 0.261 e. The summed E-state index contributed by atoms with van der Waals surface area (Å²) in [5.74, 6) is 0.860. The lowest BCUT2D eigenvalue weighted by atomic mass is 9.86. The van der Waals surface area contributed by atoms with Crippen LogP contribution in [0.15, 0.2) is 84.9 Å². The van der Waals surface area contributed by atoms with Gasteiger partial charge in [0.1, 0.15) is 5.75 Å². The van der Waals surface area contributed by atoms with E-state index in [4.69, 9.17) is 9.16 Å². The molecule has 0 unspecified atom stereocenters. The maximum Gasteiger partial charge on any atom is 0.261 e. The van der Waals surface area contributed by atoms with Gasteiger partial charge < -0.3 is 14.3 Å². The van der Waals surface area contributed by atoms with Crippen LogP contribution in [0.2, 0.25) is 5.04 Å². The summed E-state index contributed by atoms with van der Waals surface area (Å²) in [6, 6.07) is 29.6. The van der Waals surface area contributed by atoms with E-state index in [-0.39, 0.29) is 16.7 Å². The first-order valence-electron chi connectivity index (χ1n) is 13.6. The topological polar surface area (TPSA) is 41.9 Å². The van der Waals surface area contributed by atoms with E-state index in [2.05, 4.69) is 105 Å². The number of phenolic OH excluding ortho intramolecular Hbond substituents is 1. The normalized spacial score (nSPS) is 23.8. The highest BCUT2D eigenvalue weighted by Crippen LogP contribution is 2.42. The Balaban J connectivity index is 1.44. The highest BCUT2D eigenvalue weighted by Gasteiger charge is 2.56. The molecule has 2 aliphatic heterocycles. The molecule has 2 fully saturated rings. The lowest BCUT2D eigenvalue weighted by molar-refractivity contribution is 0.00482. The maximum atomic E-state index is 9.69. The Hall–Kier alpha value is -2.44. The zero-order valence-electron chi connectivity index (χ0n) is 22.7. The van der Waals surface area contributed by atoms with Crippen LogP contribution in [0.4, 0.5) is 0 Å². The van der Waals surface area contributed by atoms with E-state index < -0.39 is 8.32 Å². The molecule has 2 aliphatic rings. The summed E-state index contributed by atoms with van der Waals surface area (Å²) in [6.07, 6.45) is 2.20. The van der Waals surface area contributed by atoms with Crippen molar-refractivity contribution in [2.75, 3.05) is 26.3 Å². The molecule has 3 aromatic carbocycles. The zero-order valence-corrected chi connectivity index (χ0v) is 23.7. The number of rotatable bonds is 6. The lowest BCUT2D eigenvalue weighted by Gasteiger charge is -2.50. The maximum absolute atomic E-state index is 9.69. The van der Waals surface area contributed by atoms with Gasteiger partial charge in [0.05, 0.1) is 24.9 Å². The summed E-state index contributed by atoms with van der Waals surface area (Å²) < 4.78 is 13.8. The van der Waals surface area contributed by atoms with Crippen molar-refractivity contribution in [3.63, 3.8) is 0 Å². The number of aromatic hydroxyl groups is 1. The van der Waals surface area contributed by atoms with Crippen LogP contribution >= 0.6 is 0 Å². The van der Waals surface area contributed by atoms with Crippen molar-refractivity contribution in [3.05, 3.63) is 90.5 Å². The molecule has 0 amide bonds. The van der Waals surface area contributed by atoms with Crippen molar-refractivity contribution in [3.8, 4) is 5.75 Å². The second-order valence-electron chi connectivity index (χ2n) is 12.0. The van der Waals surface area contributed by atoms with E-state index in [9.17, 15) is 5.11 Å². The average Bonchev–Trinajstić information content (AvgIpc) is 3.29. The summed E-state index contributed by atoms with van der Waals surface area (Å²) in [7, 11) is -2.67. The van der Waals surface area contributed by atoms with Crippen molar-refractivity contribution in [2.45, 2.75) is 63.1 Å². The van der Waals surface area contributed by atoms with Gasteiger partial charge in [-0.1, -0.05) is 93.6 Å². The molecule has 0 aromatic heterocycles. The largest absolute Gasteiger partial charge is 0.508 e. The summed E-state index contributed by atoms with van der Waals surface area (Å²) in [5.41, 5.74) is 1.15. The van der Waals surface area contributed by atoms with E-state index in [0.29, 0.717) is 24.9 Å². The predicted octanol–water partition coefficient (Wildman–Crippen LogP) is 5.31. The fourth-order valence-corrected chi connectivity index (χ4v) is 11.2. The molecule has 3 aromatic rings. The van der Waals surface area contributed by atoms with Crippen molar-refractivity contribution >= 4 is 18.7 Å². The van der Waals surface area contributed by atoms with E-state index >= 15 is 0 Å². The van der Waals surface area contributed by atoms with Gasteiger partial charge in [0.25, 0.3) is 8.32 Å². The number of ether oxygens (including phenoxy) is 1. The molecule has 4 nitrogen and oxygen atoms in total. The first-order valence-corrected chi connectivity index (χ1v) is 15.6. The molecule has 37 heavy (non-hydrogen) atoms. The third-order valence-corrected chi connectivity index (χ3v) is 13.7. The first kappa shape index (κ1) is 26.2. The van der Waals surface area contributed by atoms with Crippen molar-refractivity contribution in [1.82, 2.24) is 4.90 Å². The number of hydrogen-bond acceptors (Lipinski definition) is 4. The van der Waals surface area contributed by atoms with E-state index in [1.807, 2.05) is 12.1 Å². The Morgan fingerprint density at radius 1 is 0.865 bits per heavy atom. The summed E-state index contributed by atoms with van der Waals surface area (Å²) >= 11 is 0. The van der Waals surface area contributed by atoms with Crippen LogP contribution in [0.25, 0.3) is 0 Å². The number of hydrogen-bond donors (Lipinski definition) is 1. The zero-order chi connectivity index (χ0) is 26.1. The second kappa shape index (κ2) is 10.4. The molecule has 2 heterocycles. The minimum atomic E-state index is -2.67. The third-order valence-electron chi connectivity index (χ3n) is 8.67. The van der Waals surface area contributed by atoms with E-state index in [1.54, 1.807) is 0 Å². The summed E-state index contributed by atoms with van der Waals surface area (Å²) in [6.45, 7) is 12.7. The lowest BCUT2D eigenvalue weighted by Crippen LogP contribution is -2.70. The van der Waals surface area contributed by atoms with Crippen LogP contribution in [-0.2, 0) is 9.16 Å². The summed E-state index contributed by atoms with van der Waals surface area (Å²) in [4.78, 5) is 2.62. The van der Waals surface area contributed by atoms with Gasteiger partial charge >= 0.3 is 0 Å². The molecule has 196 valence electrons. The average molecular weight is 516 g/mol. The molecule has 1 N–H and O–H groups in total. The Labute approximate surface area is 223 Å². The van der Waals surface area contributed by atoms with Gasteiger partial charge in [0, 0.05) is 0 Å². The highest BCUT2D eigenvalue weighted by atomic mass is 28.4. The van der Waals surface area contributed by atoms with Gasteiger partial charge in [-0.15, -0.1) is 0 Å². The third kappa shape index (κ3) is 4.90. The van der Waals surface area contributed by atoms with Crippen LogP contribution < -0.4 is 10.4 Å². The molecule has 5 heteroatoms. The second-order valence-corrected chi connectivity index (χ2v) is 16.2. The number of nitrogens with zero attached hydrogens (tertiary/aromatic N) is 1. The summed E-state index contributed by atoms with van der Waals surface area (Å²) in [5, 5.41) is 12.2. The first-order chi connectivity index (χ1) is 17.7. The molecule has 2 saturated heterocycles. The monoisotopic (exact) mass is 515 g/mol. The molecular weight excluding hydrogens is 474 g/mol. The van der Waals surface area contributed by atoms with Crippen molar-refractivity contribution in [2.24, 2.45) is 0 Å². The number of benzene rings is 3. The molecule has 0 bridgehead atoms. The highest BCUT2D eigenvalue weighted by molar-refractivity contribution is 6.99. The Kier molecular flexibility index (Phi) is 7.34. The van der Waals surface area contributed by atoms with E-state index in [1.165, 1.54) is 15.9 Å². The minimum Gasteiger partial charge on any atom is -0.508 e. The van der Waals surface area contributed by atoms with Gasteiger partial charge in [-0.3, -0.25) is 4.90 Å². The van der Waals surface area contributed by atoms with Gasteiger partial charge in [0.2, 0.25) is 0 Å². The van der Waals surface area contributed by atoms with Crippen molar-refractivity contribution in [1.29, 1.82) is 0 Å². The van der Waals surface area contributed by atoms with Gasteiger partial charge in [-0.25, -0.2) is 0 Å². The Morgan fingerprint density at radius 3 is 1.92 bits per heavy atom. The number of likely N-dealkylation sites (tertiary alicyclic amines) is 1. The molecule has 0 spiro atoms. The SMILES string of the molecule is CC(C)(C)[Si](O[C@@H]1COC[C@]1(C)N1CCC(c2ccc(O)cc2)CC1)(c1ccccc1)c1ccccc1. The van der Waals surface area contributed by atoms with Gasteiger partial charge in [-0.05, 0) is 71.9 Å². The minimum absolute atomic E-state index is 0.0102. The Bertz CT molecular complexity index is 1110. The Morgan fingerprint density at radius 2 is 1.41 bits per heavy atom. The van der Waals surface area contributed by atoms with Crippen LogP contribution in [0.5, 0.6) is 5.75 Å². The number of piperidine rings is 1. The number of phenols is 1. The molecule has 0 aliphatic carbocycles. The predicted molar refractivity (Wildman–Crippen MR) is 153 cm³/mol. The van der Waals surface area contributed by atoms with Gasteiger partial charge in [-0.2, -0.15) is 0 Å². The van der Waals surface area contributed by atoms with Crippen LogP contribution in [0, 0.1) is 0 Å². The van der Waals surface area contributed by atoms with Gasteiger partial charge in [0.15, 0.2) is 0 Å². The molecule has 0 saturated carbocycles. The van der Waals surface area contributed by atoms with Crippen LogP contribution in [0.1, 0.15) is 52.0 Å². The van der Waals surface area contributed by atoms with Crippen molar-refractivity contribution < 1.29 is 14.3 Å². The molecular formula is C32H41NO3Si. The quantitative estimate of drug-likeness (QED) is 0.452.